The predicted octanol–water partition coefficient (Wildman–Crippen LogP) is 2.15. The lowest BCUT2D eigenvalue weighted by atomic mass is 10.1. The topological polar surface area (TPSA) is 61.4 Å². The predicted molar refractivity (Wildman–Crippen MR) is 86.2 cm³/mol. The molecule has 1 aromatic carbocycles. The number of anilines is 1. The average Bonchev–Trinajstić information content (AvgIpc) is 2.46. The highest BCUT2D eigenvalue weighted by Crippen LogP contribution is 2.16. The van der Waals surface area contributed by atoms with Gasteiger partial charge in [-0.2, -0.15) is 0 Å². The van der Waals surface area contributed by atoms with Gasteiger partial charge in [-0.1, -0.05) is 6.07 Å². The minimum Gasteiger partial charge on any atom is -0.339 e. The van der Waals surface area contributed by atoms with E-state index in [0.717, 1.165) is 25.9 Å². The number of carbonyl (C=O) groups excluding carboxylic acids is 2. The van der Waals surface area contributed by atoms with Crippen LogP contribution in [0.5, 0.6) is 0 Å². The van der Waals surface area contributed by atoms with Crippen LogP contribution in [0.3, 0.4) is 0 Å². The molecule has 2 rings (SSSR count). The Morgan fingerprint density at radius 2 is 1.90 bits per heavy atom. The maximum atomic E-state index is 12.4. The van der Waals surface area contributed by atoms with Crippen LogP contribution in [0.25, 0.3) is 0 Å². The molecule has 1 saturated heterocycles. The van der Waals surface area contributed by atoms with Crippen LogP contribution in [0, 0.1) is 0 Å². The highest BCUT2D eigenvalue weighted by molar-refractivity contribution is 7.80. The van der Waals surface area contributed by atoms with Crippen LogP contribution >= 0.6 is 12.2 Å². The maximum absolute atomic E-state index is 12.4. The lowest BCUT2D eigenvalue weighted by Crippen LogP contribution is -2.35. The van der Waals surface area contributed by atoms with Crippen molar-refractivity contribution in [3.05, 3.63) is 29.8 Å². The number of nitrogens with zero attached hydrogens (tertiary/aromatic N) is 1. The van der Waals surface area contributed by atoms with Crippen molar-refractivity contribution in [2.75, 3.05) is 18.4 Å². The Balaban J connectivity index is 2.04. The fourth-order valence-electron chi connectivity index (χ4n) is 2.33. The van der Waals surface area contributed by atoms with Gasteiger partial charge in [-0.05, 0) is 49.7 Å². The molecular weight excluding hydrogens is 286 g/mol. The first-order valence-corrected chi connectivity index (χ1v) is 7.45. The van der Waals surface area contributed by atoms with Gasteiger partial charge in [-0.25, -0.2) is 0 Å². The van der Waals surface area contributed by atoms with Crippen molar-refractivity contribution < 1.29 is 9.59 Å². The second kappa shape index (κ2) is 7.17. The van der Waals surface area contributed by atoms with E-state index in [4.69, 9.17) is 12.2 Å². The molecular formula is C15H19N3O2S. The van der Waals surface area contributed by atoms with Crippen LogP contribution in [0.1, 0.15) is 36.5 Å². The molecule has 0 aliphatic carbocycles. The van der Waals surface area contributed by atoms with E-state index in [9.17, 15) is 9.59 Å². The second-order valence-electron chi connectivity index (χ2n) is 5.07. The fraction of sp³-hybridized carbons (Fsp3) is 0.400. The standard InChI is InChI=1S/C15H19N3O2S/c1-11(19)16-15(21)17-13-7-5-6-12(10-13)14(20)18-8-3-2-4-9-18/h5-7,10H,2-4,8-9H2,1H3,(H2,16,17,19,21). The zero-order valence-corrected chi connectivity index (χ0v) is 12.8. The quantitative estimate of drug-likeness (QED) is 0.822. The number of amides is 2. The van der Waals surface area contributed by atoms with E-state index in [2.05, 4.69) is 10.6 Å². The highest BCUT2D eigenvalue weighted by Gasteiger charge is 2.18. The molecule has 5 nitrogen and oxygen atoms in total. The number of piperidine rings is 1. The van der Waals surface area contributed by atoms with E-state index in [-0.39, 0.29) is 16.9 Å². The molecule has 1 aliphatic rings. The summed E-state index contributed by atoms with van der Waals surface area (Å²) in [6, 6.07) is 7.16. The highest BCUT2D eigenvalue weighted by atomic mass is 32.1. The molecule has 2 amide bonds. The molecule has 0 bridgehead atoms. The summed E-state index contributed by atoms with van der Waals surface area (Å²) >= 11 is 5.01. The van der Waals surface area contributed by atoms with Gasteiger partial charge in [0.25, 0.3) is 5.91 Å². The molecule has 0 atom stereocenters. The summed E-state index contributed by atoms with van der Waals surface area (Å²) in [6.07, 6.45) is 3.32. The molecule has 1 aliphatic heterocycles. The summed E-state index contributed by atoms with van der Waals surface area (Å²) < 4.78 is 0. The lowest BCUT2D eigenvalue weighted by molar-refractivity contribution is -0.117. The molecule has 0 spiro atoms. The normalized spacial score (nSPS) is 14.4. The monoisotopic (exact) mass is 305 g/mol. The minimum atomic E-state index is -0.229. The van der Waals surface area contributed by atoms with Crippen LogP contribution < -0.4 is 10.6 Å². The van der Waals surface area contributed by atoms with Gasteiger partial charge >= 0.3 is 0 Å². The number of benzene rings is 1. The number of thiocarbonyl (C=S) groups is 1. The Hall–Kier alpha value is -1.95. The van der Waals surface area contributed by atoms with Gasteiger partial charge in [-0.15, -0.1) is 0 Å². The first-order chi connectivity index (χ1) is 10.1. The minimum absolute atomic E-state index is 0.0452. The zero-order valence-electron chi connectivity index (χ0n) is 12.0. The average molecular weight is 305 g/mol. The summed E-state index contributed by atoms with van der Waals surface area (Å²) in [5.41, 5.74) is 1.32. The molecule has 1 heterocycles. The Morgan fingerprint density at radius 1 is 1.19 bits per heavy atom. The summed E-state index contributed by atoms with van der Waals surface area (Å²) in [7, 11) is 0. The van der Waals surface area contributed by atoms with Crippen LogP contribution in [-0.2, 0) is 4.79 Å². The largest absolute Gasteiger partial charge is 0.339 e. The third kappa shape index (κ3) is 4.53. The van der Waals surface area contributed by atoms with Gasteiger partial charge in [0, 0.05) is 31.3 Å². The van der Waals surface area contributed by atoms with Crippen molar-refractivity contribution >= 4 is 34.8 Å². The number of hydrogen-bond donors (Lipinski definition) is 2. The van der Waals surface area contributed by atoms with Crippen molar-refractivity contribution in [2.24, 2.45) is 0 Å². The van der Waals surface area contributed by atoms with Crippen LogP contribution in [0.2, 0.25) is 0 Å². The molecule has 1 aromatic rings. The van der Waals surface area contributed by atoms with E-state index in [1.807, 2.05) is 4.90 Å². The smallest absolute Gasteiger partial charge is 0.253 e. The first-order valence-electron chi connectivity index (χ1n) is 7.04. The van der Waals surface area contributed by atoms with Crippen molar-refractivity contribution in [1.82, 2.24) is 10.2 Å². The van der Waals surface area contributed by atoms with Gasteiger partial charge in [0.2, 0.25) is 5.91 Å². The van der Waals surface area contributed by atoms with Crippen LogP contribution in [-0.4, -0.2) is 34.9 Å². The third-order valence-electron chi connectivity index (χ3n) is 3.30. The molecule has 0 aromatic heterocycles. The molecule has 0 saturated carbocycles. The maximum Gasteiger partial charge on any atom is 0.253 e. The van der Waals surface area contributed by atoms with Gasteiger partial charge in [-0.3, -0.25) is 9.59 Å². The number of hydrogen-bond acceptors (Lipinski definition) is 3. The van der Waals surface area contributed by atoms with E-state index in [1.165, 1.54) is 13.3 Å². The van der Waals surface area contributed by atoms with E-state index >= 15 is 0 Å². The van der Waals surface area contributed by atoms with E-state index < -0.39 is 0 Å². The lowest BCUT2D eigenvalue weighted by Gasteiger charge is -2.26. The summed E-state index contributed by atoms with van der Waals surface area (Å²) in [6.45, 7) is 3.03. The Kier molecular flexibility index (Phi) is 5.27. The third-order valence-corrected chi connectivity index (χ3v) is 3.50. The Bertz CT molecular complexity index is 554. The fourth-order valence-corrected chi connectivity index (χ4v) is 2.59. The van der Waals surface area contributed by atoms with Crippen LogP contribution in [0.4, 0.5) is 5.69 Å². The van der Waals surface area contributed by atoms with Crippen molar-refractivity contribution in [3.63, 3.8) is 0 Å². The number of likely N-dealkylation sites (tertiary alicyclic amines) is 1. The molecule has 1 fully saturated rings. The Morgan fingerprint density at radius 3 is 2.57 bits per heavy atom. The zero-order chi connectivity index (χ0) is 15.2. The summed E-state index contributed by atoms with van der Waals surface area (Å²) in [5.74, 6) is -0.183. The second-order valence-corrected chi connectivity index (χ2v) is 5.48. The SMILES string of the molecule is CC(=O)NC(=S)Nc1cccc(C(=O)N2CCCCC2)c1. The first kappa shape index (κ1) is 15.4. The molecule has 6 heteroatoms. The van der Waals surface area contributed by atoms with Gasteiger partial charge in [0.05, 0.1) is 0 Å². The van der Waals surface area contributed by atoms with Gasteiger partial charge in [0.15, 0.2) is 5.11 Å². The number of nitrogens with one attached hydrogen (secondary N) is 2. The van der Waals surface area contributed by atoms with Crippen molar-refractivity contribution in [2.45, 2.75) is 26.2 Å². The molecule has 112 valence electrons. The molecule has 2 N–H and O–H groups in total. The summed E-state index contributed by atoms with van der Waals surface area (Å²) in [5, 5.41) is 5.62. The van der Waals surface area contributed by atoms with Crippen molar-refractivity contribution in [1.29, 1.82) is 0 Å². The molecule has 21 heavy (non-hydrogen) atoms. The van der Waals surface area contributed by atoms with Gasteiger partial charge in [0.1, 0.15) is 0 Å². The van der Waals surface area contributed by atoms with Crippen molar-refractivity contribution in [3.8, 4) is 0 Å². The van der Waals surface area contributed by atoms with E-state index in [1.54, 1.807) is 24.3 Å². The summed E-state index contributed by atoms with van der Waals surface area (Å²) in [4.78, 5) is 25.2. The number of rotatable bonds is 2. The molecule has 0 unspecified atom stereocenters. The van der Waals surface area contributed by atoms with Crippen LogP contribution in [0.15, 0.2) is 24.3 Å². The Labute approximate surface area is 129 Å². The molecule has 0 radical (unpaired) electrons. The number of carbonyl (C=O) groups is 2. The van der Waals surface area contributed by atoms with E-state index in [0.29, 0.717) is 11.3 Å². The van der Waals surface area contributed by atoms with Gasteiger partial charge < -0.3 is 15.5 Å².